The van der Waals surface area contributed by atoms with Gasteiger partial charge in [0.25, 0.3) is 0 Å². The van der Waals surface area contributed by atoms with Crippen LogP contribution in [0.25, 0.3) is 12.2 Å². The Morgan fingerprint density at radius 3 is 2.27 bits per heavy atom. The molecule has 0 heterocycles. The summed E-state index contributed by atoms with van der Waals surface area (Å²) in [6, 6.07) is 18.0. The molecule has 1 N–H and O–H groups in total. The van der Waals surface area contributed by atoms with Crippen LogP contribution < -0.4 is 4.74 Å². The molecule has 0 unspecified atom stereocenters. The van der Waals surface area contributed by atoms with Crippen LogP contribution in [0, 0.1) is 0 Å². The van der Waals surface area contributed by atoms with Gasteiger partial charge in [-0.3, -0.25) is 4.79 Å². The molecule has 0 amide bonds. The van der Waals surface area contributed by atoms with Crippen molar-refractivity contribution in [2.24, 2.45) is 0 Å². The lowest BCUT2D eigenvalue weighted by molar-refractivity contribution is -0.111. The Kier molecular flexibility index (Phi) is 10.4. The molecule has 0 spiro atoms. The van der Waals surface area contributed by atoms with Crippen molar-refractivity contribution < 1.29 is 14.6 Å². The van der Waals surface area contributed by atoms with Crippen molar-refractivity contribution in [2.75, 3.05) is 13.2 Å². The summed E-state index contributed by atoms with van der Waals surface area (Å²) in [5.74, 6) is 0.926. The molecule has 33 heavy (non-hydrogen) atoms. The number of hydrogen-bond acceptors (Lipinski definition) is 3. The molecule has 3 rings (SSSR count). The number of carbonyl (C=O) groups excluding carboxylic acids is 1. The topological polar surface area (TPSA) is 46.5 Å². The minimum absolute atomic E-state index is 0.0285. The Labute approximate surface area is 197 Å². The molecule has 3 nitrogen and oxygen atoms in total. The third-order valence-electron chi connectivity index (χ3n) is 5.60. The second kappa shape index (κ2) is 14.1. The first-order valence-corrected chi connectivity index (χ1v) is 11.9. The van der Waals surface area contributed by atoms with Crippen molar-refractivity contribution in [3.63, 3.8) is 0 Å². The predicted molar refractivity (Wildman–Crippen MR) is 137 cm³/mol. The Hall–Kier alpha value is -3.17. The highest BCUT2D eigenvalue weighted by atomic mass is 16.5. The zero-order valence-corrected chi connectivity index (χ0v) is 19.3. The van der Waals surface area contributed by atoms with Crippen LogP contribution in [0.3, 0.4) is 0 Å². The first kappa shape index (κ1) is 24.5. The van der Waals surface area contributed by atoms with E-state index < -0.39 is 0 Å². The van der Waals surface area contributed by atoms with Gasteiger partial charge in [0.15, 0.2) is 5.78 Å². The van der Waals surface area contributed by atoms with Gasteiger partial charge in [-0.1, -0.05) is 98.5 Å². The Morgan fingerprint density at radius 1 is 0.848 bits per heavy atom. The summed E-state index contributed by atoms with van der Waals surface area (Å²) in [5, 5.41) is 8.78. The lowest BCUT2D eigenvalue weighted by Crippen LogP contribution is -1.99. The summed E-state index contributed by atoms with van der Waals surface area (Å²) in [4.78, 5) is 12.4. The zero-order chi connectivity index (χ0) is 23.1. The average Bonchev–Trinajstić information content (AvgIpc) is 2.86. The maximum Gasteiger partial charge on any atom is 0.185 e. The van der Waals surface area contributed by atoms with Gasteiger partial charge in [-0.05, 0) is 54.2 Å². The molecule has 2 aromatic carbocycles. The first-order chi connectivity index (χ1) is 16.2. The summed E-state index contributed by atoms with van der Waals surface area (Å²) in [7, 11) is 0. The lowest BCUT2D eigenvalue weighted by Gasteiger charge is -2.09. The smallest absolute Gasteiger partial charge is 0.185 e. The molecule has 0 atom stereocenters. The number of benzene rings is 2. The Bertz CT molecular complexity index is 979. The van der Waals surface area contributed by atoms with Crippen LogP contribution in [0.2, 0.25) is 0 Å². The minimum Gasteiger partial charge on any atom is -0.494 e. The van der Waals surface area contributed by atoms with Crippen molar-refractivity contribution in [3.8, 4) is 5.75 Å². The second-order valence-electron chi connectivity index (χ2n) is 8.29. The number of ether oxygens (including phenoxy) is 1. The molecular formula is C30H34O3. The van der Waals surface area contributed by atoms with Gasteiger partial charge in [-0.25, -0.2) is 0 Å². The molecule has 172 valence electrons. The highest BCUT2D eigenvalue weighted by Crippen LogP contribution is 2.21. The number of aliphatic hydroxyl groups is 1. The normalized spacial score (nSPS) is 14.6. The summed E-state index contributed by atoms with van der Waals surface area (Å²) >= 11 is 0. The molecule has 1 aliphatic carbocycles. The average molecular weight is 443 g/mol. The van der Waals surface area contributed by atoms with Gasteiger partial charge < -0.3 is 9.84 Å². The molecule has 0 aliphatic heterocycles. The fourth-order valence-corrected chi connectivity index (χ4v) is 3.67. The molecule has 0 fully saturated rings. The number of allylic oxidation sites excluding steroid dienone is 6. The summed E-state index contributed by atoms with van der Waals surface area (Å²) in [6.07, 6.45) is 18.9. The van der Waals surface area contributed by atoms with Crippen molar-refractivity contribution in [2.45, 2.75) is 44.9 Å². The molecule has 0 aromatic heterocycles. The Balaban J connectivity index is 1.41. The molecule has 2 aromatic rings. The monoisotopic (exact) mass is 442 g/mol. The minimum atomic E-state index is 0.0285. The van der Waals surface area contributed by atoms with Gasteiger partial charge >= 0.3 is 0 Å². The van der Waals surface area contributed by atoms with Crippen molar-refractivity contribution >= 4 is 17.9 Å². The Morgan fingerprint density at radius 2 is 1.58 bits per heavy atom. The van der Waals surface area contributed by atoms with Gasteiger partial charge in [0, 0.05) is 12.2 Å². The van der Waals surface area contributed by atoms with Crippen molar-refractivity contribution in [1.29, 1.82) is 0 Å². The van der Waals surface area contributed by atoms with Crippen LogP contribution in [0.5, 0.6) is 5.75 Å². The summed E-state index contributed by atoms with van der Waals surface area (Å²) in [6.45, 7) is 1.04. The van der Waals surface area contributed by atoms with E-state index in [2.05, 4.69) is 18.2 Å². The maximum atomic E-state index is 12.4. The van der Waals surface area contributed by atoms with E-state index in [-0.39, 0.29) is 5.78 Å². The van der Waals surface area contributed by atoms with Gasteiger partial charge in [0.05, 0.1) is 6.61 Å². The molecule has 3 heteroatoms. The highest BCUT2D eigenvalue weighted by Gasteiger charge is 2.07. The lowest BCUT2D eigenvalue weighted by atomic mass is 9.97. The third-order valence-corrected chi connectivity index (χ3v) is 5.60. The van der Waals surface area contributed by atoms with Crippen molar-refractivity contribution in [3.05, 3.63) is 101 Å². The quantitative estimate of drug-likeness (QED) is 0.270. The largest absolute Gasteiger partial charge is 0.494 e. The van der Waals surface area contributed by atoms with Gasteiger partial charge in [-0.15, -0.1) is 0 Å². The number of rotatable bonds is 13. The molecule has 0 radical (unpaired) electrons. The first-order valence-electron chi connectivity index (χ1n) is 11.9. The van der Waals surface area contributed by atoms with E-state index in [9.17, 15) is 4.79 Å². The molecule has 0 saturated carbocycles. The van der Waals surface area contributed by atoms with Crippen LogP contribution in [-0.4, -0.2) is 24.1 Å². The van der Waals surface area contributed by atoms with Crippen LogP contribution in [0.15, 0.2) is 90.0 Å². The highest BCUT2D eigenvalue weighted by molar-refractivity contribution is 6.08. The third kappa shape index (κ3) is 9.07. The van der Waals surface area contributed by atoms with E-state index in [0.29, 0.717) is 6.61 Å². The molecule has 0 bridgehead atoms. The molecule has 0 saturated heterocycles. The summed E-state index contributed by atoms with van der Waals surface area (Å²) < 4.78 is 5.85. The van der Waals surface area contributed by atoms with Crippen LogP contribution in [0.1, 0.15) is 56.1 Å². The standard InChI is InChI=1S/C30H34O3/c31-22-8-3-1-2-4-9-23-33-29-19-14-27(15-20-29)24-26-12-17-28(18-13-26)30(32)21-16-25-10-6-5-7-11-25/h5-7,10-12,14-21,24,31H,1-4,8-9,13,22-23H2. The van der Waals surface area contributed by atoms with Gasteiger partial charge in [-0.2, -0.15) is 0 Å². The van der Waals surface area contributed by atoms with E-state index in [4.69, 9.17) is 9.84 Å². The van der Waals surface area contributed by atoms with E-state index >= 15 is 0 Å². The van der Waals surface area contributed by atoms with Crippen LogP contribution >= 0.6 is 0 Å². The van der Waals surface area contributed by atoms with Crippen LogP contribution in [-0.2, 0) is 4.79 Å². The maximum absolute atomic E-state index is 12.4. The van der Waals surface area contributed by atoms with Crippen molar-refractivity contribution in [1.82, 2.24) is 0 Å². The van der Waals surface area contributed by atoms with Gasteiger partial charge in [0.2, 0.25) is 0 Å². The molecular weight excluding hydrogens is 408 g/mol. The van der Waals surface area contributed by atoms with E-state index in [1.807, 2.05) is 66.8 Å². The SMILES string of the molecule is O=C(C=Cc1ccccc1)C1=CCC(=Cc2ccc(OCCCCCCCCO)cc2)C=C1. The number of hydrogen-bond donors (Lipinski definition) is 1. The number of ketones is 1. The van der Waals surface area contributed by atoms with E-state index in [1.165, 1.54) is 24.8 Å². The fourth-order valence-electron chi connectivity index (χ4n) is 3.67. The number of aliphatic hydroxyl groups excluding tert-OH is 1. The van der Waals surface area contributed by atoms with E-state index in [1.54, 1.807) is 6.08 Å². The summed E-state index contributed by atoms with van der Waals surface area (Å²) in [5.41, 5.74) is 4.05. The second-order valence-corrected chi connectivity index (χ2v) is 8.29. The molecule has 1 aliphatic rings. The van der Waals surface area contributed by atoms with E-state index in [0.717, 1.165) is 54.7 Å². The number of unbranched alkanes of at least 4 members (excludes halogenated alkanes) is 5. The number of carbonyl (C=O) groups is 1. The predicted octanol–water partition coefficient (Wildman–Crippen LogP) is 6.95. The zero-order valence-electron chi connectivity index (χ0n) is 19.3. The fraction of sp³-hybridized carbons (Fsp3) is 0.300. The van der Waals surface area contributed by atoms with Crippen LogP contribution in [0.4, 0.5) is 0 Å². The van der Waals surface area contributed by atoms with Gasteiger partial charge in [0.1, 0.15) is 5.75 Å².